The third-order valence-electron chi connectivity index (χ3n) is 5.85. The van der Waals surface area contributed by atoms with Gasteiger partial charge < -0.3 is 4.90 Å². The Kier molecular flexibility index (Phi) is 8.99. The number of nitro benzene ring substituents is 1. The molecule has 0 amide bonds. The highest BCUT2D eigenvalue weighted by molar-refractivity contribution is 5.74. The first-order valence-electron chi connectivity index (χ1n) is 11.9. The van der Waals surface area contributed by atoms with Gasteiger partial charge in [0.15, 0.2) is 0 Å². The van der Waals surface area contributed by atoms with Gasteiger partial charge in [-0.3, -0.25) is 10.1 Å². The highest BCUT2D eigenvalue weighted by Crippen LogP contribution is 2.25. The van der Waals surface area contributed by atoms with E-state index in [4.69, 9.17) is 5.26 Å². The van der Waals surface area contributed by atoms with Crippen LogP contribution in [-0.4, -0.2) is 18.0 Å². The van der Waals surface area contributed by atoms with Gasteiger partial charge in [0, 0.05) is 24.8 Å². The van der Waals surface area contributed by atoms with Crippen LogP contribution in [-0.2, 0) is 0 Å². The van der Waals surface area contributed by atoms with Crippen molar-refractivity contribution in [2.75, 3.05) is 18.0 Å². The second kappa shape index (κ2) is 12.4. The fraction of sp³-hybridized carbons (Fsp3) is 0.276. The summed E-state index contributed by atoms with van der Waals surface area (Å²) in [5, 5.41) is 20.1. The zero-order chi connectivity index (χ0) is 24.3. The Morgan fingerprint density at radius 3 is 1.91 bits per heavy atom. The lowest BCUT2D eigenvalue weighted by atomic mass is 10.0. The maximum absolute atomic E-state index is 11.0. The first-order chi connectivity index (χ1) is 16.5. The quantitative estimate of drug-likeness (QED) is 0.169. The predicted octanol–water partition coefficient (Wildman–Crippen LogP) is 7.71. The number of benzene rings is 3. The van der Waals surface area contributed by atoms with E-state index in [1.165, 1.54) is 49.1 Å². The molecule has 0 aliphatic heterocycles. The van der Waals surface area contributed by atoms with Crippen molar-refractivity contribution in [1.82, 2.24) is 0 Å². The number of unbranched alkanes of at least 4 members (excludes halogenated alkanes) is 2. The van der Waals surface area contributed by atoms with E-state index >= 15 is 0 Å². The summed E-state index contributed by atoms with van der Waals surface area (Å²) in [5.41, 5.74) is 5.27. The van der Waals surface area contributed by atoms with E-state index < -0.39 is 4.92 Å². The van der Waals surface area contributed by atoms with Crippen LogP contribution in [0.15, 0.2) is 66.7 Å². The molecule has 174 valence electrons. The summed E-state index contributed by atoms with van der Waals surface area (Å²) in [4.78, 5) is 12.9. The first kappa shape index (κ1) is 24.7. The van der Waals surface area contributed by atoms with Crippen molar-refractivity contribution in [3.05, 3.63) is 93.5 Å². The summed E-state index contributed by atoms with van der Waals surface area (Å²) in [5.74, 6) is 0. The van der Waals surface area contributed by atoms with E-state index in [1.807, 2.05) is 30.4 Å². The number of nitrogens with zero attached hydrogens (tertiary/aromatic N) is 3. The molecule has 0 unspecified atom stereocenters. The lowest BCUT2D eigenvalue weighted by Crippen LogP contribution is -2.25. The molecular weight excluding hydrogens is 422 g/mol. The van der Waals surface area contributed by atoms with Gasteiger partial charge in [-0.1, -0.05) is 75.2 Å². The van der Waals surface area contributed by atoms with Crippen molar-refractivity contribution >= 4 is 23.5 Å². The topological polar surface area (TPSA) is 70.2 Å². The molecule has 34 heavy (non-hydrogen) atoms. The van der Waals surface area contributed by atoms with Crippen molar-refractivity contribution in [1.29, 1.82) is 5.26 Å². The van der Waals surface area contributed by atoms with Crippen LogP contribution >= 0.6 is 0 Å². The number of nitriles is 1. The van der Waals surface area contributed by atoms with E-state index in [2.05, 4.69) is 55.1 Å². The van der Waals surface area contributed by atoms with E-state index in [-0.39, 0.29) is 11.3 Å². The molecule has 0 fully saturated rings. The second-order valence-electron chi connectivity index (χ2n) is 8.34. The Bertz CT molecular complexity index is 1150. The van der Waals surface area contributed by atoms with Crippen LogP contribution in [0.25, 0.3) is 23.3 Å². The lowest BCUT2D eigenvalue weighted by molar-refractivity contribution is -0.385. The summed E-state index contributed by atoms with van der Waals surface area (Å²) in [6, 6.07) is 23.5. The van der Waals surface area contributed by atoms with E-state index in [9.17, 15) is 10.1 Å². The van der Waals surface area contributed by atoms with Gasteiger partial charge in [-0.15, -0.1) is 0 Å². The molecule has 5 nitrogen and oxygen atoms in total. The minimum atomic E-state index is -0.536. The number of hydrogen-bond donors (Lipinski definition) is 0. The van der Waals surface area contributed by atoms with Gasteiger partial charge in [0.05, 0.1) is 4.92 Å². The fourth-order valence-electron chi connectivity index (χ4n) is 3.82. The maximum atomic E-state index is 11.0. The normalized spacial score (nSPS) is 10.9. The molecule has 0 aliphatic carbocycles. The fourth-order valence-corrected chi connectivity index (χ4v) is 3.82. The summed E-state index contributed by atoms with van der Waals surface area (Å²) < 4.78 is 0. The van der Waals surface area contributed by atoms with Gasteiger partial charge in [0.25, 0.3) is 5.69 Å². The van der Waals surface area contributed by atoms with Crippen LogP contribution in [0.5, 0.6) is 0 Å². The monoisotopic (exact) mass is 453 g/mol. The maximum Gasteiger partial charge on any atom is 0.287 e. The second-order valence-corrected chi connectivity index (χ2v) is 8.34. The molecule has 3 aromatic rings. The number of rotatable bonds is 11. The minimum Gasteiger partial charge on any atom is -0.372 e. The molecule has 0 saturated carbocycles. The van der Waals surface area contributed by atoms with Crippen molar-refractivity contribution in [2.24, 2.45) is 0 Å². The molecule has 0 heterocycles. The molecule has 0 saturated heterocycles. The standard InChI is InChI=1S/C29H31N3O2/c1-3-5-19-31(20-6-4-2)28-16-14-26(15-17-28)25-12-9-23(10-13-25)7-8-24-11-18-29(32(33)34)27(21-24)22-30/h7-18,21H,3-6,19-20H2,1-2H3/b8-7+. The molecule has 0 N–H and O–H groups in total. The third-order valence-corrected chi connectivity index (χ3v) is 5.85. The molecule has 0 radical (unpaired) electrons. The lowest BCUT2D eigenvalue weighted by Gasteiger charge is -2.25. The van der Waals surface area contributed by atoms with E-state index in [0.29, 0.717) is 0 Å². The molecule has 0 bridgehead atoms. The zero-order valence-electron chi connectivity index (χ0n) is 19.9. The molecule has 3 aromatic carbocycles. The van der Waals surface area contributed by atoms with Gasteiger partial charge >= 0.3 is 0 Å². The molecule has 0 spiro atoms. The van der Waals surface area contributed by atoms with Gasteiger partial charge in [-0.25, -0.2) is 0 Å². The average molecular weight is 454 g/mol. The van der Waals surface area contributed by atoms with Crippen LogP contribution in [0.1, 0.15) is 56.2 Å². The summed E-state index contributed by atoms with van der Waals surface area (Å²) in [6.45, 7) is 6.66. The largest absolute Gasteiger partial charge is 0.372 e. The Hall–Kier alpha value is -3.91. The van der Waals surface area contributed by atoms with Crippen LogP contribution in [0.4, 0.5) is 11.4 Å². The highest BCUT2D eigenvalue weighted by atomic mass is 16.6. The summed E-state index contributed by atoms with van der Waals surface area (Å²) in [6.07, 6.45) is 8.61. The van der Waals surface area contributed by atoms with Crippen LogP contribution in [0.2, 0.25) is 0 Å². The first-order valence-corrected chi connectivity index (χ1v) is 11.9. The van der Waals surface area contributed by atoms with Gasteiger partial charge in [-0.05, 0) is 59.4 Å². The number of hydrogen-bond acceptors (Lipinski definition) is 4. The van der Waals surface area contributed by atoms with Crippen molar-refractivity contribution < 1.29 is 4.92 Å². The van der Waals surface area contributed by atoms with Crippen LogP contribution in [0, 0.1) is 21.4 Å². The Labute approximate surface area is 202 Å². The Morgan fingerprint density at radius 1 is 0.853 bits per heavy atom. The van der Waals surface area contributed by atoms with Gasteiger partial charge in [0.1, 0.15) is 11.6 Å². The molecule has 0 atom stereocenters. The SMILES string of the molecule is CCCCN(CCCC)c1ccc(-c2ccc(/C=C/c3ccc([N+](=O)[O-])c(C#N)c3)cc2)cc1. The Balaban J connectivity index is 1.70. The summed E-state index contributed by atoms with van der Waals surface area (Å²) >= 11 is 0. The summed E-state index contributed by atoms with van der Waals surface area (Å²) in [7, 11) is 0. The van der Waals surface area contributed by atoms with Crippen LogP contribution in [0.3, 0.4) is 0 Å². The predicted molar refractivity (Wildman–Crippen MR) is 141 cm³/mol. The van der Waals surface area contributed by atoms with Gasteiger partial charge in [0.2, 0.25) is 0 Å². The number of nitro groups is 1. The molecule has 0 aromatic heterocycles. The molecular formula is C29H31N3O2. The minimum absolute atomic E-state index is 0.0638. The van der Waals surface area contributed by atoms with Crippen LogP contribution < -0.4 is 4.90 Å². The van der Waals surface area contributed by atoms with Crippen molar-refractivity contribution in [2.45, 2.75) is 39.5 Å². The Morgan fingerprint density at radius 2 is 1.38 bits per heavy atom. The number of anilines is 1. The van der Waals surface area contributed by atoms with Crippen molar-refractivity contribution in [3.63, 3.8) is 0 Å². The third kappa shape index (κ3) is 6.55. The zero-order valence-corrected chi connectivity index (χ0v) is 19.9. The highest BCUT2D eigenvalue weighted by Gasteiger charge is 2.12. The van der Waals surface area contributed by atoms with Gasteiger partial charge in [-0.2, -0.15) is 5.26 Å². The molecule has 0 aliphatic rings. The van der Waals surface area contributed by atoms with E-state index in [0.717, 1.165) is 29.8 Å². The average Bonchev–Trinajstić information content (AvgIpc) is 2.87. The smallest absolute Gasteiger partial charge is 0.287 e. The van der Waals surface area contributed by atoms with Crippen molar-refractivity contribution in [3.8, 4) is 17.2 Å². The van der Waals surface area contributed by atoms with E-state index in [1.54, 1.807) is 6.07 Å². The molecule has 5 heteroatoms. The molecule has 3 rings (SSSR count).